The van der Waals surface area contributed by atoms with Crippen molar-refractivity contribution < 1.29 is 13.9 Å². The fourth-order valence-electron chi connectivity index (χ4n) is 2.38. The molecule has 0 spiro atoms. The van der Waals surface area contributed by atoms with Gasteiger partial charge in [0.05, 0.1) is 18.4 Å². The van der Waals surface area contributed by atoms with E-state index in [2.05, 4.69) is 26.8 Å². The van der Waals surface area contributed by atoms with Crippen LogP contribution in [-0.2, 0) is 0 Å². The summed E-state index contributed by atoms with van der Waals surface area (Å²) in [7, 11) is 1.48. The van der Waals surface area contributed by atoms with Crippen LogP contribution in [0.4, 0.5) is 10.1 Å². The van der Waals surface area contributed by atoms with Gasteiger partial charge in [-0.05, 0) is 46.3 Å². The Morgan fingerprint density at radius 3 is 2.54 bits per heavy atom. The molecule has 0 bridgehead atoms. The minimum Gasteiger partial charge on any atom is -0.496 e. The highest BCUT2D eigenvalue weighted by atomic mass is 79.9. The standard InChI is InChI=1S/C18H14BrFN2O2/c1-24-16-10-15(17(19)13-8-7-11(20)9-14(13)16)18(23)22-21-12-5-3-2-4-6-12/h2-10,21H,1H3,(H,22,23). The van der Waals surface area contributed by atoms with Crippen LogP contribution in [0.15, 0.2) is 59.1 Å². The van der Waals surface area contributed by atoms with E-state index < -0.39 is 0 Å². The number of carbonyl (C=O) groups is 1. The second-order valence-corrected chi connectivity index (χ2v) is 5.87. The monoisotopic (exact) mass is 388 g/mol. The van der Waals surface area contributed by atoms with E-state index in [4.69, 9.17) is 4.74 Å². The summed E-state index contributed by atoms with van der Waals surface area (Å²) in [6.07, 6.45) is 0. The zero-order valence-electron chi connectivity index (χ0n) is 12.8. The van der Waals surface area contributed by atoms with Gasteiger partial charge in [0.15, 0.2) is 0 Å². The first-order valence-electron chi connectivity index (χ1n) is 7.17. The van der Waals surface area contributed by atoms with Gasteiger partial charge in [-0.3, -0.25) is 15.6 Å². The van der Waals surface area contributed by atoms with Crippen molar-refractivity contribution in [1.29, 1.82) is 0 Å². The van der Waals surface area contributed by atoms with Crippen LogP contribution in [-0.4, -0.2) is 13.0 Å². The molecule has 4 nitrogen and oxygen atoms in total. The van der Waals surface area contributed by atoms with E-state index in [-0.39, 0.29) is 11.7 Å². The molecule has 0 saturated heterocycles. The summed E-state index contributed by atoms with van der Waals surface area (Å²) in [6, 6.07) is 15.2. The summed E-state index contributed by atoms with van der Waals surface area (Å²) < 4.78 is 19.4. The summed E-state index contributed by atoms with van der Waals surface area (Å²) in [5, 5.41) is 1.29. The second-order valence-electron chi connectivity index (χ2n) is 5.08. The number of amides is 1. The Kier molecular flexibility index (Phi) is 4.66. The van der Waals surface area contributed by atoms with Crippen LogP contribution in [0.25, 0.3) is 10.8 Å². The summed E-state index contributed by atoms with van der Waals surface area (Å²) in [5.41, 5.74) is 6.62. The number of methoxy groups -OCH3 is 1. The molecule has 0 saturated carbocycles. The number of para-hydroxylation sites is 1. The van der Waals surface area contributed by atoms with Gasteiger partial charge in [0.1, 0.15) is 11.6 Å². The van der Waals surface area contributed by atoms with Crippen molar-refractivity contribution in [3.8, 4) is 5.75 Å². The normalized spacial score (nSPS) is 10.5. The maximum Gasteiger partial charge on any atom is 0.270 e. The maximum absolute atomic E-state index is 13.5. The molecule has 0 aliphatic rings. The molecule has 0 unspecified atom stereocenters. The quantitative estimate of drug-likeness (QED) is 0.646. The maximum atomic E-state index is 13.5. The molecule has 6 heteroatoms. The van der Waals surface area contributed by atoms with Gasteiger partial charge in [0, 0.05) is 15.2 Å². The number of hydrogen-bond donors (Lipinski definition) is 2. The second kappa shape index (κ2) is 6.88. The third kappa shape index (κ3) is 3.19. The number of nitrogens with one attached hydrogen (secondary N) is 2. The highest BCUT2D eigenvalue weighted by molar-refractivity contribution is 9.10. The Hall–Kier alpha value is -2.60. The number of ether oxygens (including phenoxy) is 1. The molecule has 0 heterocycles. The predicted molar refractivity (Wildman–Crippen MR) is 95.7 cm³/mol. The van der Waals surface area contributed by atoms with Crippen molar-refractivity contribution >= 4 is 38.3 Å². The van der Waals surface area contributed by atoms with E-state index in [0.717, 1.165) is 5.69 Å². The summed E-state index contributed by atoms with van der Waals surface area (Å²) in [5.74, 6) is -0.275. The summed E-state index contributed by atoms with van der Waals surface area (Å²) in [6.45, 7) is 0. The fraction of sp³-hybridized carbons (Fsp3) is 0.0556. The number of hydrazine groups is 1. The lowest BCUT2D eigenvalue weighted by Crippen LogP contribution is -2.29. The van der Waals surface area contributed by atoms with Crippen molar-refractivity contribution in [3.05, 3.63) is 70.5 Å². The highest BCUT2D eigenvalue weighted by Gasteiger charge is 2.17. The number of carbonyl (C=O) groups excluding carboxylic acids is 1. The van der Waals surface area contributed by atoms with Crippen LogP contribution in [0.2, 0.25) is 0 Å². The van der Waals surface area contributed by atoms with Crippen LogP contribution >= 0.6 is 15.9 Å². The van der Waals surface area contributed by atoms with Gasteiger partial charge in [-0.1, -0.05) is 24.3 Å². The first-order valence-corrected chi connectivity index (χ1v) is 7.96. The van der Waals surface area contributed by atoms with E-state index in [1.54, 1.807) is 12.1 Å². The molecular weight excluding hydrogens is 375 g/mol. The van der Waals surface area contributed by atoms with Gasteiger partial charge in [-0.25, -0.2) is 4.39 Å². The molecule has 3 aromatic rings. The van der Waals surface area contributed by atoms with Crippen molar-refractivity contribution in [3.63, 3.8) is 0 Å². The van der Waals surface area contributed by atoms with Crippen LogP contribution in [0.1, 0.15) is 10.4 Å². The van der Waals surface area contributed by atoms with Crippen LogP contribution < -0.4 is 15.6 Å². The SMILES string of the molecule is COc1cc(C(=O)NNc2ccccc2)c(Br)c2ccc(F)cc12. The molecule has 122 valence electrons. The van der Waals surface area contributed by atoms with Crippen molar-refractivity contribution in [1.82, 2.24) is 5.43 Å². The number of rotatable bonds is 4. The van der Waals surface area contributed by atoms with Crippen LogP contribution in [0.5, 0.6) is 5.75 Å². The zero-order valence-corrected chi connectivity index (χ0v) is 14.4. The van der Waals surface area contributed by atoms with Crippen molar-refractivity contribution in [2.24, 2.45) is 0 Å². The molecule has 0 aromatic heterocycles. The molecule has 24 heavy (non-hydrogen) atoms. The molecule has 1 amide bonds. The van der Waals surface area contributed by atoms with Gasteiger partial charge in [-0.2, -0.15) is 0 Å². The van der Waals surface area contributed by atoms with Gasteiger partial charge in [-0.15, -0.1) is 0 Å². The van der Waals surface area contributed by atoms with Crippen molar-refractivity contribution in [2.75, 3.05) is 12.5 Å². The average molecular weight is 389 g/mol. The number of halogens is 2. The minimum absolute atomic E-state index is 0.338. The minimum atomic E-state index is -0.365. The molecule has 0 atom stereocenters. The Balaban J connectivity index is 1.95. The van der Waals surface area contributed by atoms with Crippen molar-refractivity contribution in [2.45, 2.75) is 0 Å². The molecule has 0 aliphatic carbocycles. The average Bonchev–Trinajstić information content (AvgIpc) is 2.61. The number of hydrogen-bond acceptors (Lipinski definition) is 3. The van der Waals surface area contributed by atoms with Gasteiger partial charge in [0.25, 0.3) is 5.91 Å². The Bertz CT molecular complexity index is 900. The zero-order chi connectivity index (χ0) is 17.1. The fourth-order valence-corrected chi connectivity index (χ4v) is 3.02. The molecule has 0 radical (unpaired) electrons. The number of anilines is 1. The Labute approximate surface area is 146 Å². The molecular formula is C18H14BrFN2O2. The molecule has 3 aromatic carbocycles. The summed E-state index contributed by atoms with van der Waals surface area (Å²) in [4.78, 5) is 12.5. The third-order valence-corrected chi connectivity index (χ3v) is 4.41. The lowest BCUT2D eigenvalue weighted by atomic mass is 10.1. The molecule has 0 aliphatic heterocycles. The van der Waals surface area contributed by atoms with Crippen LogP contribution in [0, 0.1) is 5.82 Å². The summed E-state index contributed by atoms with van der Waals surface area (Å²) >= 11 is 3.43. The number of fused-ring (bicyclic) bond motifs is 1. The Morgan fingerprint density at radius 1 is 1.08 bits per heavy atom. The lowest BCUT2D eigenvalue weighted by molar-refractivity contribution is 0.0961. The van der Waals surface area contributed by atoms with E-state index in [0.29, 0.717) is 26.6 Å². The lowest BCUT2D eigenvalue weighted by Gasteiger charge is -2.13. The van der Waals surface area contributed by atoms with Gasteiger partial charge in [0.2, 0.25) is 0 Å². The van der Waals surface area contributed by atoms with E-state index >= 15 is 0 Å². The van der Waals surface area contributed by atoms with E-state index in [9.17, 15) is 9.18 Å². The van der Waals surface area contributed by atoms with Crippen LogP contribution in [0.3, 0.4) is 0 Å². The predicted octanol–water partition coefficient (Wildman–Crippen LogP) is 4.51. The molecule has 2 N–H and O–H groups in total. The Morgan fingerprint density at radius 2 is 1.83 bits per heavy atom. The van der Waals surface area contributed by atoms with Gasteiger partial charge < -0.3 is 4.74 Å². The van der Waals surface area contributed by atoms with E-state index in [1.165, 1.54) is 19.2 Å². The third-order valence-electron chi connectivity index (χ3n) is 3.55. The molecule has 0 fully saturated rings. The first-order chi connectivity index (χ1) is 11.6. The van der Waals surface area contributed by atoms with E-state index in [1.807, 2.05) is 30.3 Å². The first kappa shape index (κ1) is 16.3. The highest BCUT2D eigenvalue weighted by Crippen LogP contribution is 2.35. The number of benzene rings is 3. The smallest absolute Gasteiger partial charge is 0.270 e. The topological polar surface area (TPSA) is 50.4 Å². The van der Waals surface area contributed by atoms with Gasteiger partial charge >= 0.3 is 0 Å². The largest absolute Gasteiger partial charge is 0.496 e. The molecule has 3 rings (SSSR count).